The first-order chi connectivity index (χ1) is 5.40. The van der Waals surface area contributed by atoms with E-state index in [4.69, 9.17) is 0 Å². The van der Waals surface area contributed by atoms with E-state index in [1.165, 1.54) is 32.2 Å². The zero-order chi connectivity index (χ0) is 7.68. The van der Waals surface area contributed by atoms with E-state index in [1.54, 1.807) is 0 Å². The topological polar surface area (TPSA) is 12.0 Å². The summed E-state index contributed by atoms with van der Waals surface area (Å²) in [5.74, 6) is 1.01. The normalized spacial score (nSPS) is 43.9. The SMILES string of the molecule is CSC1CCC2NCCC2C1. The minimum atomic E-state index is 0.887. The fourth-order valence-corrected chi connectivity index (χ4v) is 3.29. The number of hydrogen-bond acceptors (Lipinski definition) is 2. The van der Waals surface area contributed by atoms with E-state index in [0.717, 1.165) is 17.2 Å². The molecule has 1 N–H and O–H groups in total. The summed E-state index contributed by atoms with van der Waals surface area (Å²) in [6.45, 7) is 1.27. The lowest BCUT2D eigenvalue weighted by Gasteiger charge is -2.30. The molecule has 0 radical (unpaired) electrons. The van der Waals surface area contributed by atoms with Crippen LogP contribution < -0.4 is 5.32 Å². The van der Waals surface area contributed by atoms with Crippen LogP contribution >= 0.6 is 11.8 Å². The van der Waals surface area contributed by atoms with Crippen molar-refractivity contribution in [2.24, 2.45) is 5.92 Å². The van der Waals surface area contributed by atoms with Gasteiger partial charge in [0, 0.05) is 11.3 Å². The highest BCUT2D eigenvalue weighted by Crippen LogP contribution is 2.35. The molecule has 0 amide bonds. The zero-order valence-corrected chi connectivity index (χ0v) is 7.99. The molecule has 0 aromatic rings. The highest BCUT2D eigenvalue weighted by molar-refractivity contribution is 7.99. The molecule has 2 aliphatic rings. The van der Waals surface area contributed by atoms with Gasteiger partial charge in [-0.2, -0.15) is 11.8 Å². The molecule has 1 aliphatic heterocycles. The fourth-order valence-electron chi connectivity index (χ4n) is 2.48. The van der Waals surface area contributed by atoms with Gasteiger partial charge in [0.2, 0.25) is 0 Å². The first kappa shape index (κ1) is 7.93. The van der Waals surface area contributed by atoms with Crippen molar-refractivity contribution < 1.29 is 0 Å². The van der Waals surface area contributed by atoms with Crippen LogP contribution in [0, 0.1) is 5.92 Å². The Balaban J connectivity index is 1.91. The van der Waals surface area contributed by atoms with Crippen LogP contribution in [0.15, 0.2) is 0 Å². The van der Waals surface area contributed by atoms with Crippen molar-refractivity contribution in [2.45, 2.75) is 37.0 Å². The van der Waals surface area contributed by atoms with Crippen molar-refractivity contribution in [3.8, 4) is 0 Å². The monoisotopic (exact) mass is 171 g/mol. The summed E-state index contributed by atoms with van der Waals surface area (Å²) in [6, 6.07) is 0.887. The molecule has 0 spiro atoms. The number of fused-ring (bicyclic) bond motifs is 1. The minimum absolute atomic E-state index is 0.887. The predicted octanol–water partition coefficient (Wildman–Crippen LogP) is 1.88. The Labute approximate surface area is 73.3 Å². The molecule has 1 nitrogen and oxygen atoms in total. The van der Waals surface area contributed by atoms with Crippen LogP contribution in [0.4, 0.5) is 0 Å². The van der Waals surface area contributed by atoms with E-state index in [9.17, 15) is 0 Å². The van der Waals surface area contributed by atoms with Gasteiger partial charge in [0.1, 0.15) is 0 Å². The van der Waals surface area contributed by atoms with Crippen LogP contribution in [0.1, 0.15) is 25.7 Å². The van der Waals surface area contributed by atoms with Crippen molar-refractivity contribution >= 4 is 11.8 Å². The molecular weight excluding hydrogens is 154 g/mol. The number of hydrogen-bond donors (Lipinski definition) is 1. The highest BCUT2D eigenvalue weighted by atomic mass is 32.2. The molecule has 1 saturated carbocycles. The van der Waals surface area contributed by atoms with Gasteiger partial charge >= 0.3 is 0 Å². The van der Waals surface area contributed by atoms with E-state index >= 15 is 0 Å². The molecule has 11 heavy (non-hydrogen) atoms. The van der Waals surface area contributed by atoms with Gasteiger partial charge in [-0.3, -0.25) is 0 Å². The summed E-state index contributed by atoms with van der Waals surface area (Å²) in [4.78, 5) is 0. The number of nitrogens with one attached hydrogen (secondary N) is 1. The van der Waals surface area contributed by atoms with Crippen LogP contribution in [-0.2, 0) is 0 Å². The minimum Gasteiger partial charge on any atom is -0.314 e. The summed E-state index contributed by atoms with van der Waals surface area (Å²) in [7, 11) is 0. The predicted molar refractivity (Wildman–Crippen MR) is 51.1 cm³/mol. The Morgan fingerprint density at radius 2 is 2.18 bits per heavy atom. The third kappa shape index (κ3) is 1.57. The third-order valence-corrected chi connectivity index (χ3v) is 4.28. The quantitative estimate of drug-likeness (QED) is 0.646. The molecule has 64 valence electrons. The second kappa shape index (κ2) is 3.36. The Morgan fingerprint density at radius 3 is 3.00 bits per heavy atom. The Kier molecular flexibility index (Phi) is 2.42. The van der Waals surface area contributed by atoms with Crippen LogP contribution in [-0.4, -0.2) is 24.1 Å². The summed E-state index contributed by atoms with van der Waals surface area (Å²) in [6.07, 6.45) is 8.03. The summed E-state index contributed by atoms with van der Waals surface area (Å²) in [5.41, 5.74) is 0. The van der Waals surface area contributed by atoms with Gasteiger partial charge in [0.05, 0.1) is 0 Å². The Hall–Kier alpha value is 0.310. The molecule has 1 heterocycles. The van der Waals surface area contributed by atoms with E-state index in [1.807, 2.05) is 0 Å². The van der Waals surface area contributed by atoms with E-state index in [2.05, 4.69) is 23.3 Å². The average molecular weight is 171 g/mol. The lowest BCUT2D eigenvalue weighted by atomic mass is 9.85. The van der Waals surface area contributed by atoms with Crippen molar-refractivity contribution in [1.82, 2.24) is 5.32 Å². The molecular formula is C9H17NS. The number of thioether (sulfide) groups is 1. The molecule has 0 bridgehead atoms. The maximum Gasteiger partial charge on any atom is 0.00965 e. The van der Waals surface area contributed by atoms with Crippen LogP contribution in [0.5, 0.6) is 0 Å². The van der Waals surface area contributed by atoms with E-state index in [-0.39, 0.29) is 0 Å². The molecule has 0 aromatic heterocycles. The molecule has 1 saturated heterocycles. The zero-order valence-electron chi connectivity index (χ0n) is 7.18. The molecule has 0 aromatic carbocycles. The standard InChI is InChI=1S/C9H17NS/c1-11-8-2-3-9-7(6-8)4-5-10-9/h7-10H,2-6H2,1H3. The van der Waals surface area contributed by atoms with Crippen molar-refractivity contribution in [3.05, 3.63) is 0 Å². The lowest BCUT2D eigenvalue weighted by Crippen LogP contribution is -2.33. The molecule has 3 unspecified atom stereocenters. The first-order valence-corrected chi connectivity index (χ1v) is 5.95. The fraction of sp³-hybridized carbons (Fsp3) is 1.00. The molecule has 2 rings (SSSR count). The van der Waals surface area contributed by atoms with Crippen LogP contribution in [0.25, 0.3) is 0 Å². The van der Waals surface area contributed by atoms with Gasteiger partial charge in [0.15, 0.2) is 0 Å². The molecule has 3 atom stereocenters. The Bertz CT molecular complexity index is 138. The summed E-state index contributed by atoms with van der Waals surface area (Å²) < 4.78 is 0. The molecule has 1 aliphatic carbocycles. The average Bonchev–Trinajstić information content (AvgIpc) is 2.50. The first-order valence-electron chi connectivity index (χ1n) is 4.66. The summed E-state index contributed by atoms with van der Waals surface area (Å²) in [5, 5.41) is 4.56. The Morgan fingerprint density at radius 1 is 1.27 bits per heavy atom. The third-order valence-electron chi connectivity index (χ3n) is 3.19. The second-order valence-electron chi connectivity index (χ2n) is 3.78. The molecule has 2 heteroatoms. The second-order valence-corrected chi connectivity index (χ2v) is 4.92. The van der Waals surface area contributed by atoms with E-state index in [0.29, 0.717) is 0 Å². The van der Waals surface area contributed by atoms with E-state index < -0.39 is 0 Å². The molecule has 2 fully saturated rings. The van der Waals surface area contributed by atoms with Crippen LogP contribution in [0.2, 0.25) is 0 Å². The van der Waals surface area contributed by atoms with Crippen LogP contribution in [0.3, 0.4) is 0 Å². The van der Waals surface area contributed by atoms with Crippen molar-refractivity contribution in [2.75, 3.05) is 12.8 Å². The van der Waals surface area contributed by atoms with Gasteiger partial charge in [-0.25, -0.2) is 0 Å². The summed E-state index contributed by atoms with van der Waals surface area (Å²) >= 11 is 2.07. The van der Waals surface area contributed by atoms with Crippen molar-refractivity contribution in [1.29, 1.82) is 0 Å². The number of rotatable bonds is 1. The van der Waals surface area contributed by atoms with Gasteiger partial charge in [-0.1, -0.05) is 0 Å². The smallest absolute Gasteiger partial charge is 0.00965 e. The highest BCUT2D eigenvalue weighted by Gasteiger charge is 2.32. The van der Waals surface area contributed by atoms with Crippen molar-refractivity contribution in [3.63, 3.8) is 0 Å². The maximum absolute atomic E-state index is 3.59. The van der Waals surface area contributed by atoms with Gasteiger partial charge in [0.25, 0.3) is 0 Å². The largest absolute Gasteiger partial charge is 0.314 e. The van der Waals surface area contributed by atoms with Gasteiger partial charge in [-0.05, 0) is 44.4 Å². The van der Waals surface area contributed by atoms with Gasteiger partial charge < -0.3 is 5.32 Å². The lowest BCUT2D eigenvalue weighted by molar-refractivity contribution is 0.333. The maximum atomic E-state index is 3.59. The van der Waals surface area contributed by atoms with Gasteiger partial charge in [-0.15, -0.1) is 0 Å².